The maximum absolute atomic E-state index is 8.98. The van der Waals surface area contributed by atoms with E-state index in [4.69, 9.17) is 5.11 Å². The predicted molar refractivity (Wildman–Crippen MR) is 54.6 cm³/mol. The highest BCUT2D eigenvalue weighted by atomic mass is 16.3. The molecule has 0 aliphatic carbocycles. The number of nitrogens with one attached hydrogen (secondary N) is 1. The second-order valence-electron chi connectivity index (χ2n) is 3.45. The zero-order chi connectivity index (χ0) is 9.52. The van der Waals surface area contributed by atoms with Crippen LogP contribution in [-0.2, 0) is 13.0 Å². The minimum absolute atomic E-state index is 0.135. The summed E-state index contributed by atoms with van der Waals surface area (Å²) in [5, 5.41) is 8.98. The lowest BCUT2D eigenvalue weighted by Crippen LogP contribution is -1.91. The average molecular weight is 181 g/mol. The molecule has 2 N–H and O–H groups in total. The van der Waals surface area contributed by atoms with Crippen molar-refractivity contribution >= 4 is 0 Å². The molecule has 0 fully saturated rings. The molecule has 0 bridgehead atoms. The van der Waals surface area contributed by atoms with E-state index >= 15 is 0 Å². The summed E-state index contributed by atoms with van der Waals surface area (Å²) in [6.07, 6.45) is 8.13. The lowest BCUT2D eigenvalue weighted by atomic mass is 10.1. The van der Waals surface area contributed by atoms with Crippen molar-refractivity contribution in [2.45, 2.75) is 45.6 Å². The highest BCUT2D eigenvalue weighted by molar-refractivity contribution is 5.19. The van der Waals surface area contributed by atoms with Crippen LogP contribution in [0.15, 0.2) is 12.3 Å². The van der Waals surface area contributed by atoms with Crippen LogP contribution in [0.4, 0.5) is 0 Å². The molecule has 2 heteroatoms. The molecule has 2 nitrogen and oxygen atoms in total. The van der Waals surface area contributed by atoms with Crippen LogP contribution >= 0.6 is 0 Å². The van der Waals surface area contributed by atoms with E-state index in [1.54, 1.807) is 0 Å². The molecule has 0 atom stereocenters. The quantitative estimate of drug-likeness (QED) is 0.650. The Morgan fingerprint density at radius 2 is 2.15 bits per heavy atom. The van der Waals surface area contributed by atoms with Crippen molar-refractivity contribution < 1.29 is 5.11 Å². The number of rotatable bonds is 6. The van der Waals surface area contributed by atoms with Crippen LogP contribution in [0, 0.1) is 0 Å². The van der Waals surface area contributed by atoms with Gasteiger partial charge in [0.15, 0.2) is 0 Å². The Morgan fingerprint density at radius 3 is 2.85 bits per heavy atom. The molecule has 1 heterocycles. The molecule has 0 spiro atoms. The predicted octanol–water partition coefficient (Wildman–Crippen LogP) is 2.63. The van der Waals surface area contributed by atoms with Crippen LogP contribution in [0.1, 0.15) is 43.9 Å². The van der Waals surface area contributed by atoms with E-state index in [2.05, 4.69) is 18.0 Å². The first-order chi connectivity index (χ1) is 6.38. The summed E-state index contributed by atoms with van der Waals surface area (Å²) in [5.41, 5.74) is 2.26. The van der Waals surface area contributed by atoms with Crippen LogP contribution in [0.3, 0.4) is 0 Å². The van der Waals surface area contributed by atoms with E-state index in [0.717, 1.165) is 12.1 Å². The van der Waals surface area contributed by atoms with Gasteiger partial charge in [-0.2, -0.15) is 0 Å². The lowest BCUT2D eigenvalue weighted by molar-refractivity contribution is 0.276. The fourth-order valence-electron chi connectivity index (χ4n) is 1.56. The summed E-state index contributed by atoms with van der Waals surface area (Å²) in [4.78, 5) is 3.05. The normalized spacial score (nSPS) is 10.6. The van der Waals surface area contributed by atoms with Crippen molar-refractivity contribution in [3.8, 4) is 0 Å². The maximum Gasteiger partial charge on any atom is 0.0833 e. The summed E-state index contributed by atoms with van der Waals surface area (Å²) in [5.74, 6) is 0. The molecule has 0 aliphatic rings. The highest BCUT2D eigenvalue weighted by Gasteiger charge is 2.01. The first-order valence-electron chi connectivity index (χ1n) is 5.14. The van der Waals surface area contributed by atoms with Crippen LogP contribution < -0.4 is 0 Å². The minimum atomic E-state index is 0.135. The lowest BCUT2D eigenvalue weighted by Gasteiger charge is -2.00. The number of H-pyrrole nitrogens is 1. The van der Waals surface area contributed by atoms with Gasteiger partial charge in [-0.25, -0.2) is 0 Å². The second-order valence-corrected chi connectivity index (χ2v) is 3.45. The molecule has 0 saturated carbocycles. The van der Waals surface area contributed by atoms with Crippen molar-refractivity contribution in [3.63, 3.8) is 0 Å². The summed E-state index contributed by atoms with van der Waals surface area (Å²) in [7, 11) is 0. The number of hydrogen-bond donors (Lipinski definition) is 2. The molecule has 13 heavy (non-hydrogen) atoms. The van der Waals surface area contributed by atoms with Gasteiger partial charge in [-0.1, -0.05) is 26.2 Å². The zero-order valence-corrected chi connectivity index (χ0v) is 8.34. The SMILES string of the molecule is CCCCCCc1cc[nH]c1CO. The van der Waals surface area contributed by atoms with Gasteiger partial charge in [0.05, 0.1) is 6.61 Å². The minimum Gasteiger partial charge on any atom is -0.390 e. The van der Waals surface area contributed by atoms with Gasteiger partial charge in [-0.3, -0.25) is 0 Å². The van der Waals surface area contributed by atoms with Crippen molar-refractivity contribution in [3.05, 3.63) is 23.5 Å². The molecule has 0 aliphatic heterocycles. The molecule has 0 saturated heterocycles. The smallest absolute Gasteiger partial charge is 0.0833 e. The number of aliphatic hydroxyl groups is 1. The first kappa shape index (κ1) is 10.3. The summed E-state index contributed by atoms with van der Waals surface area (Å²) < 4.78 is 0. The maximum atomic E-state index is 8.98. The van der Waals surface area contributed by atoms with Crippen LogP contribution in [0.2, 0.25) is 0 Å². The van der Waals surface area contributed by atoms with Gasteiger partial charge in [-0.15, -0.1) is 0 Å². The summed E-state index contributed by atoms with van der Waals surface area (Å²) in [6.45, 7) is 2.35. The number of hydrogen-bond acceptors (Lipinski definition) is 1. The molecule has 0 aromatic carbocycles. The Labute approximate surface area is 80.0 Å². The fraction of sp³-hybridized carbons (Fsp3) is 0.636. The number of aromatic nitrogens is 1. The van der Waals surface area contributed by atoms with E-state index < -0.39 is 0 Å². The third-order valence-corrected chi connectivity index (χ3v) is 2.39. The monoisotopic (exact) mass is 181 g/mol. The number of aliphatic hydroxyl groups excluding tert-OH is 1. The van der Waals surface area contributed by atoms with Crippen molar-refractivity contribution in [1.29, 1.82) is 0 Å². The fourth-order valence-corrected chi connectivity index (χ4v) is 1.56. The van der Waals surface area contributed by atoms with Crippen LogP contribution in [-0.4, -0.2) is 10.1 Å². The first-order valence-corrected chi connectivity index (χ1v) is 5.14. The van der Waals surface area contributed by atoms with E-state index in [1.807, 2.05) is 6.20 Å². The van der Waals surface area contributed by atoms with Crippen LogP contribution in [0.25, 0.3) is 0 Å². The summed E-state index contributed by atoms with van der Waals surface area (Å²) in [6, 6.07) is 2.07. The molecular formula is C11H19NO. The topological polar surface area (TPSA) is 36.0 Å². The Morgan fingerprint density at radius 1 is 1.31 bits per heavy atom. The number of unbranched alkanes of at least 4 members (excludes halogenated alkanes) is 3. The number of aryl methyl sites for hydroxylation is 1. The van der Waals surface area contributed by atoms with Gasteiger partial charge >= 0.3 is 0 Å². The van der Waals surface area contributed by atoms with E-state index in [9.17, 15) is 0 Å². The van der Waals surface area contributed by atoms with E-state index in [1.165, 1.54) is 31.2 Å². The second kappa shape index (κ2) is 5.81. The zero-order valence-electron chi connectivity index (χ0n) is 8.34. The Hall–Kier alpha value is -0.760. The molecule has 1 aromatic heterocycles. The largest absolute Gasteiger partial charge is 0.390 e. The van der Waals surface area contributed by atoms with Gasteiger partial charge in [0.2, 0.25) is 0 Å². The number of aromatic amines is 1. The third kappa shape index (κ3) is 3.23. The molecule has 0 amide bonds. The third-order valence-electron chi connectivity index (χ3n) is 2.39. The van der Waals surface area contributed by atoms with Crippen LogP contribution in [0.5, 0.6) is 0 Å². The highest BCUT2D eigenvalue weighted by Crippen LogP contribution is 2.11. The average Bonchev–Trinajstić information content (AvgIpc) is 2.60. The van der Waals surface area contributed by atoms with Gasteiger partial charge in [0.25, 0.3) is 0 Å². The Balaban J connectivity index is 2.27. The van der Waals surface area contributed by atoms with Gasteiger partial charge < -0.3 is 10.1 Å². The van der Waals surface area contributed by atoms with E-state index in [0.29, 0.717) is 0 Å². The standard InChI is InChI=1S/C11H19NO/c1-2-3-4-5-6-10-7-8-12-11(10)9-13/h7-8,12-13H,2-6,9H2,1H3. The molecule has 0 unspecified atom stereocenters. The van der Waals surface area contributed by atoms with Gasteiger partial charge in [-0.05, 0) is 24.5 Å². The molecule has 0 radical (unpaired) electrons. The van der Waals surface area contributed by atoms with Gasteiger partial charge in [0.1, 0.15) is 0 Å². The van der Waals surface area contributed by atoms with Crippen molar-refractivity contribution in [2.24, 2.45) is 0 Å². The Bertz CT molecular complexity index is 230. The van der Waals surface area contributed by atoms with Gasteiger partial charge in [0, 0.05) is 11.9 Å². The molecule has 1 aromatic rings. The van der Waals surface area contributed by atoms with E-state index in [-0.39, 0.29) is 6.61 Å². The molecule has 74 valence electrons. The summed E-state index contributed by atoms with van der Waals surface area (Å²) >= 11 is 0. The van der Waals surface area contributed by atoms with Crippen molar-refractivity contribution in [1.82, 2.24) is 4.98 Å². The molecule has 1 rings (SSSR count). The Kier molecular flexibility index (Phi) is 4.61. The molecular weight excluding hydrogens is 162 g/mol. The van der Waals surface area contributed by atoms with Crippen molar-refractivity contribution in [2.75, 3.05) is 0 Å².